The first kappa shape index (κ1) is 11.7. The summed E-state index contributed by atoms with van der Waals surface area (Å²) < 4.78 is 0. The van der Waals surface area contributed by atoms with Crippen molar-refractivity contribution in [3.8, 4) is 6.07 Å². The van der Waals surface area contributed by atoms with Crippen LogP contribution in [0.25, 0.3) is 0 Å². The molecule has 1 heterocycles. The first-order valence-corrected chi connectivity index (χ1v) is 5.35. The molecule has 0 spiro atoms. The van der Waals surface area contributed by atoms with Crippen LogP contribution in [0.5, 0.6) is 0 Å². The number of nitrogens with zero attached hydrogens (tertiary/aromatic N) is 3. The van der Waals surface area contributed by atoms with Crippen molar-refractivity contribution >= 4 is 0 Å². The standard InChI is InChI=1S/C12H17N3/c1-2-8-15(9-4-6-13)11-12-5-3-7-14-10-12/h3,5,7,10H,2,4,8-9,11H2,1H3. The van der Waals surface area contributed by atoms with Crippen LogP contribution in [0.2, 0.25) is 0 Å². The van der Waals surface area contributed by atoms with Gasteiger partial charge in [-0.05, 0) is 24.6 Å². The monoisotopic (exact) mass is 203 g/mol. The average molecular weight is 203 g/mol. The Balaban J connectivity index is 2.47. The minimum atomic E-state index is 0.597. The van der Waals surface area contributed by atoms with E-state index in [2.05, 4.69) is 28.9 Å². The van der Waals surface area contributed by atoms with Crippen molar-refractivity contribution < 1.29 is 0 Å². The molecule has 1 aromatic heterocycles. The first-order chi connectivity index (χ1) is 7.36. The van der Waals surface area contributed by atoms with E-state index in [0.717, 1.165) is 26.1 Å². The molecule has 0 aliphatic carbocycles. The summed E-state index contributed by atoms with van der Waals surface area (Å²) in [6.07, 6.45) is 5.38. The molecule has 0 radical (unpaired) electrons. The topological polar surface area (TPSA) is 39.9 Å². The Morgan fingerprint density at radius 3 is 2.93 bits per heavy atom. The van der Waals surface area contributed by atoms with E-state index in [4.69, 9.17) is 5.26 Å². The van der Waals surface area contributed by atoms with E-state index in [9.17, 15) is 0 Å². The molecule has 0 bridgehead atoms. The molecule has 0 saturated carbocycles. The maximum absolute atomic E-state index is 8.56. The third kappa shape index (κ3) is 4.57. The molecule has 0 atom stereocenters. The highest BCUT2D eigenvalue weighted by Crippen LogP contribution is 2.04. The molecule has 0 saturated heterocycles. The van der Waals surface area contributed by atoms with E-state index in [1.54, 1.807) is 6.20 Å². The lowest BCUT2D eigenvalue weighted by Gasteiger charge is -2.19. The summed E-state index contributed by atoms with van der Waals surface area (Å²) in [6.45, 7) is 4.93. The minimum absolute atomic E-state index is 0.597. The zero-order valence-corrected chi connectivity index (χ0v) is 9.19. The zero-order chi connectivity index (χ0) is 10.9. The van der Waals surface area contributed by atoms with E-state index in [0.29, 0.717) is 6.42 Å². The summed E-state index contributed by atoms with van der Waals surface area (Å²) >= 11 is 0. The third-order valence-electron chi connectivity index (χ3n) is 2.21. The fourth-order valence-corrected chi connectivity index (χ4v) is 1.54. The van der Waals surface area contributed by atoms with Crippen molar-refractivity contribution in [3.05, 3.63) is 30.1 Å². The van der Waals surface area contributed by atoms with Gasteiger partial charge in [-0.15, -0.1) is 0 Å². The highest BCUT2D eigenvalue weighted by Gasteiger charge is 2.04. The molecule has 3 heteroatoms. The lowest BCUT2D eigenvalue weighted by atomic mass is 10.2. The maximum atomic E-state index is 8.56. The summed E-state index contributed by atoms with van der Waals surface area (Å²) in [4.78, 5) is 6.38. The highest BCUT2D eigenvalue weighted by molar-refractivity contribution is 5.08. The van der Waals surface area contributed by atoms with E-state index < -0.39 is 0 Å². The van der Waals surface area contributed by atoms with Crippen LogP contribution in [0.3, 0.4) is 0 Å². The number of hydrogen-bond donors (Lipinski definition) is 0. The molecule has 15 heavy (non-hydrogen) atoms. The molecule has 1 aromatic rings. The number of pyridine rings is 1. The molecule has 3 nitrogen and oxygen atoms in total. The van der Waals surface area contributed by atoms with E-state index >= 15 is 0 Å². The summed E-state index contributed by atoms with van der Waals surface area (Å²) in [5, 5.41) is 8.56. The second-order valence-corrected chi connectivity index (χ2v) is 3.55. The summed E-state index contributed by atoms with van der Waals surface area (Å²) in [7, 11) is 0. The number of hydrogen-bond acceptors (Lipinski definition) is 3. The van der Waals surface area contributed by atoms with Gasteiger partial charge >= 0.3 is 0 Å². The molecule has 0 aliphatic rings. The SMILES string of the molecule is CCCN(CCC#N)Cc1cccnc1. The van der Waals surface area contributed by atoms with Crippen molar-refractivity contribution in [1.82, 2.24) is 9.88 Å². The zero-order valence-electron chi connectivity index (χ0n) is 9.19. The smallest absolute Gasteiger partial charge is 0.0635 e. The van der Waals surface area contributed by atoms with Gasteiger partial charge in [0.05, 0.1) is 6.07 Å². The van der Waals surface area contributed by atoms with Gasteiger partial charge in [0.2, 0.25) is 0 Å². The van der Waals surface area contributed by atoms with Crippen LogP contribution in [0, 0.1) is 11.3 Å². The Morgan fingerprint density at radius 2 is 2.33 bits per heavy atom. The Hall–Kier alpha value is -1.40. The molecule has 0 N–H and O–H groups in total. The molecule has 1 rings (SSSR count). The van der Waals surface area contributed by atoms with Crippen LogP contribution < -0.4 is 0 Å². The fourth-order valence-electron chi connectivity index (χ4n) is 1.54. The number of nitriles is 1. The van der Waals surface area contributed by atoms with Crippen LogP contribution in [0.4, 0.5) is 0 Å². The molecule has 80 valence electrons. The normalized spacial score (nSPS) is 10.2. The van der Waals surface area contributed by atoms with Gasteiger partial charge in [-0.3, -0.25) is 9.88 Å². The predicted octanol–water partition coefficient (Wildman–Crippen LogP) is 2.21. The molecule has 0 unspecified atom stereocenters. The molecule has 0 aromatic carbocycles. The molecule has 0 aliphatic heterocycles. The van der Waals surface area contributed by atoms with Crippen molar-refractivity contribution in [2.45, 2.75) is 26.3 Å². The predicted molar refractivity (Wildman–Crippen MR) is 60.0 cm³/mol. The van der Waals surface area contributed by atoms with Crippen molar-refractivity contribution in [2.24, 2.45) is 0 Å². The number of rotatable bonds is 6. The quantitative estimate of drug-likeness (QED) is 0.711. The lowest BCUT2D eigenvalue weighted by Crippen LogP contribution is -2.25. The van der Waals surface area contributed by atoms with Crippen LogP contribution in [0.15, 0.2) is 24.5 Å². The Bertz CT molecular complexity index is 302. The van der Waals surface area contributed by atoms with E-state index in [1.165, 1.54) is 5.56 Å². The van der Waals surface area contributed by atoms with Crippen LogP contribution in [-0.2, 0) is 6.54 Å². The second kappa shape index (κ2) is 6.97. The summed E-state index contributed by atoms with van der Waals surface area (Å²) in [5.41, 5.74) is 1.21. The molecular weight excluding hydrogens is 186 g/mol. The van der Waals surface area contributed by atoms with Crippen LogP contribution in [-0.4, -0.2) is 23.0 Å². The van der Waals surface area contributed by atoms with Gasteiger partial charge < -0.3 is 0 Å². The van der Waals surface area contributed by atoms with E-state index in [-0.39, 0.29) is 0 Å². The lowest BCUT2D eigenvalue weighted by molar-refractivity contribution is 0.272. The van der Waals surface area contributed by atoms with Gasteiger partial charge in [-0.1, -0.05) is 13.0 Å². The Kier molecular flexibility index (Phi) is 5.42. The summed E-state index contributed by atoms with van der Waals surface area (Å²) in [5.74, 6) is 0. The van der Waals surface area contributed by atoms with Gasteiger partial charge in [0.15, 0.2) is 0 Å². The minimum Gasteiger partial charge on any atom is -0.298 e. The van der Waals surface area contributed by atoms with Crippen LogP contribution in [0.1, 0.15) is 25.3 Å². The molecule has 0 fully saturated rings. The Labute approximate surface area is 91.4 Å². The van der Waals surface area contributed by atoms with Crippen LogP contribution >= 0.6 is 0 Å². The molecular formula is C12H17N3. The highest BCUT2D eigenvalue weighted by atomic mass is 15.1. The largest absolute Gasteiger partial charge is 0.298 e. The van der Waals surface area contributed by atoms with E-state index in [1.807, 2.05) is 12.3 Å². The second-order valence-electron chi connectivity index (χ2n) is 3.55. The van der Waals surface area contributed by atoms with Crippen molar-refractivity contribution in [2.75, 3.05) is 13.1 Å². The number of aromatic nitrogens is 1. The summed E-state index contributed by atoms with van der Waals surface area (Å²) in [6, 6.07) is 6.20. The van der Waals surface area contributed by atoms with Gasteiger partial charge in [-0.2, -0.15) is 5.26 Å². The Morgan fingerprint density at radius 1 is 1.47 bits per heavy atom. The van der Waals surface area contributed by atoms with Crippen molar-refractivity contribution in [1.29, 1.82) is 5.26 Å². The average Bonchev–Trinajstić information content (AvgIpc) is 2.28. The molecule has 0 amide bonds. The fraction of sp³-hybridized carbons (Fsp3) is 0.500. The van der Waals surface area contributed by atoms with Crippen molar-refractivity contribution in [3.63, 3.8) is 0 Å². The first-order valence-electron chi connectivity index (χ1n) is 5.35. The van der Waals surface area contributed by atoms with Gasteiger partial charge in [0, 0.05) is 31.9 Å². The van der Waals surface area contributed by atoms with Gasteiger partial charge in [-0.25, -0.2) is 0 Å². The van der Waals surface area contributed by atoms with Gasteiger partial charge in [0.25, 0.3) is 0 Å². The third-order valence-corrected chi connectivity index (χ3v) is 2.21. The maximum Gasteiger partial charge on any atom is 0.0635 e. The van der Waals surface area contributed by atoms with Gasteiger partial charge in [0.1, 0.15) is 0 Å².